The summed E-state index contributed by atoms with van der Waals surface area (Å²) in [6, 6.07) is 10.8. The molecule has 5 nitrogen and oxygen atoms in total. The van der Waals surface area contributed by atoms with Gasteiger partial charge in [0.05, 0.1) is 14.2 Å². The highest BCUT2D eigenvalue weighted by Crippen LogP contribution is 2.38. The highest BCUT2D eigenvalue weighted by molar-refractivity contribution is 7.09. The van der Waals surface area contributed by atoms with Gasteiger partial charge in [0.25, 0.3) is 0 Å². The lowest BCUT2D eigenvalue weighted by Crippen LogP contribution is -2.08. The molecule has 2 aromatic rings. The number of anilines is 2. The lowest BCUT2D eigenvalue weighted by Gasteiger charge is -2.21. The van der Waals surface area contributed by atoms with E-state index in [0.717, 1.165) is 11.1 Å². The molecule has 0 heterocycles. The monoisotopic (exact) mass is 306 g/mol. The highest BCUT2D eigenvalue weighted by Gasteiger charge is 2.20. The second-order valence-electron chi connectivity index (χ2n) is 4.51. The number of benzene rings is 2. The quantitative estimate of drug-likeness (QED) is 0.656. The van der Waals surface area contributed by atoms with Crippen molar-refractivity contribution in [3.63, 3.8) is 0 Å². The third-order valence-electron chi connectivity index (χ3n) is 3.29. The maximum absolute atomic E-state index is 6.06. The molecular formula is C15H19N2O3P. The molecule has 4 N–H and O–H groups in total. The minimum absolute atomic E-state index is 0.430. The normalized spacial score (nSPS) is 10.7. The van der Waals surface area contributed by atoms with Crippen LogP contribution in [-0.2, 0) is 4.52 Å². The maximum Gasteiger partial charge on any atom is 0.119 e. The molecule has 21 heavy (non-hydrogen) atoms. The average Bonchev–Trinajstić information content (AvgIpc) is 2.51. The van der Waals surface area contributed by atoms with Crippen molar-refractivity contribution in [3.05, 3.63) is 47.5 Å². The van der Waals surface area contributed by atoms with E-state index in [0.29, 0.717) is 22.9 Å². The zero-order valence-corrected chi connectivity index (χ0v) is 13.2. The summed E-state index contributed by atoms with van der Waals surface area (Å²) < 4.78 is 16.0. The van der Waals surface area contributed by atoms with Crippen molar-refractivity contribution < 1.29 is 14.0 Å². The van der Waals surface area contributed by atoms with E-state index in [1.54, 1.807) is 38.5 Å². The third kappa shape index (κ3) is 3.20. The van der Waals surface area contributed by atoms with Gasteiger partial charge in [-0.3, -0.25) is 0 Å². The molecule has 0 fully saturated rings. The molecule has 112 valence electrons. The van der Waals surface area contributed by atoms with Gasteiger partial charge in [0.15, 0.2) is 0 Å². The molecule has 2 aromatic carbocycles. The van der Waals surface area contributed by atoms with Crippen molar-refractivity contribution in [1.29, 1.82) is 0 Å². The minimum Gasteiger partial charge on any atom is -0.497 e. The fourth-order valence-electron chi connectivity index (χ4n) is 2.13. The van der Waals surface area contributed by atoms with Crippen LogP contribution in [0.15, 0.2) is 36.4 Å². The Labute approximate surface area is 126 Å². The first kappa shape index (κ1) is 15.4. The summed E-state index contributed by atoms with van der Waals surface area (Å²) in [7, 11) is 5.46. The predicted octanol–water partition coefficient (Wildman–Crippen LogP) is 2.76. The summed E-state index contributed by atoms with van der Waals surface area (Å²) in [6.07, 6.45) is -0.430. The van der Waals surface area contributed by atoms with E-state index in [9.17, 15) is 0 Å². The van der Waals surface area contributed by atoms with Crippen LogP contribution in [0.1, 0.15) is 17.2 Å². The average molecular weight is 306 g/mol. The van der Waals surface area contributed by atoms with Gasteiger partial charge in [-0.05, 0) is 36.4 Å². The third-order valence-corrected chi connectivity index (χ3v) is 3.56. The van der Waals surface area contributed by atoms with Crippen LogP contribution in [0, 0.1) is 0 Å². The van der Waals surface area contributed by atoms with Crippen LogP contribution in [0.3, 0.4) is 0 Å². The van der Waals surface area contributed by atoms with Crippen LogP contribution in [0.2, 0.25) is 0 Å². The van der Waals surface area contributed by atoms with Crippen molar-refractivity contribution >= 4 is 20.8 Å². The number of nitrogens with two attached hydrogens (primary N) is 2. The van der Waals surface area contributed by atoms with Crippen LogP contribution in [0.5, 0.6) is 11.5 Å². The van der Waals surface area contributed by atoms with Crippen LogP contribution in [0.25, 0.3) is 0 Å². The molecule has 0 radical (unpaired) electrons. The molecule has 0 aliphatic carbocycles. The first-order chi connectivity index (χ1) is 10.1. The predicted molar refractivity (Wildman–Crippen MR) is 87.5 cm³/mol. The first-order valence-electron chi connectivity index (χ1n) is 6.33. The van der Waals surface area contributed by atoms with Crippen LogP contribution >= 0.6 is 9.47 Å². The van der Waals surface area contributed by atoms with Crippen molar-refractivity contribution in [2.75, 3.05) is 25.7 Å². The zero-order valence-electron chi connectivity index (χ0n) is 12.0. The van der Waals surface area contributed by atoms with E-state index in [1.807, 2.05) is 12.1 Å². The molecule has 1 unspecified atom stereocenters. The summed E-state index contributed by atoms with van der Waals surface area (Å²) in [5.74, 6) is 1.40. The molecule has 0 spiro atoms. The number of methoxy groups -OCH3 is 2. The molecule has 0 aromatic heterocycles. The Morgan fingerprint density at radius 3 is 1.62 bits per heavy atom. The fourth-order valence-corrected chi connectivity index (χ4v) is 2.42. The Bertz CT molecular complexity index is 581. The van der Waals surface area contributed by atoms with Gasteiger partial charge < -0.3 is 25.5 Å². The van der Waals surface area contributed by atoms with Crippen molar-refractivity contribution in [2.24, 2.45) is 0 Å². The lowest BCUT2D eigenvalue weighted by atomic mass is 9.98. The van der Waals surface area contributed by atoms with Crippen LogP contribution in [0.4, 0.5) is 11.4 Å². The molecular weight excluding hydrogens is 287 g/mol. The van der Waals surface area contributed by atoms with E-state index in [4.69, 9.17) is 25.5 Å². The molecule has 1 atom stereocenters. The second kappa shape index (κ2) is 6.66. The number of hydrogen-bond donors (Lipinski definition) is 2. The fraction of sp³-hybridized carbons (Fsp3) is 0.200. The van der Waals surface area contributed by atoms with E-state index in [2.05, 4.69) is 9.47 Å². The maximum atomic E-state index is 6.06. The van der Waals surface area contributed by atoms with Crippen molar-refractivity contribution in [2.45, 2.75) is 6.10 Å². The summed E-state index contributed by atoms with van der Waals surface area (Å²) in [5.41, 5.74) is 14.9. The first-order valence-corrected chi connectivity index (χ1v) is 6.80. The van der Waals surface area contributed by atoms with Crippen LogP contribution in [-0.4, -0.2) is 14.2 Å². The summed E-state index contributed by atoms with van der Waals surface area (Å²) >= 11 is 0. The lowest BCUT2D eigenvalue weighted by molar-refractivity contribution is 0.293. The van der Waals surface area contributed by atoms with Gasteiger partial charge in [0, 0.05) is 32.0 Å². The number of hydrogen-bond acceptors (Lipinski definition) is 5. The van der Waals surface area contributed by atoms with Gasteiger partial charge in [0.2, 0.25) is 0 Å². The minimum atomic E-state index is -0.430. The Kier molecular flexibility index (Phi) is 4.89. The van der Waals surface area contributed by atoms with Gasteiger partial charge in [-0.1, -0.05) is 0 Å². The Hall–Kier alpha value is -1.97. The molecule has 6 heteroatoms. The van der Waals surface area contributed by atoms with Gasteiger partial charge in [-0.2, -0.15) is 0 Å². The van der Waals surface area contributed by atoms with Crippen molar-refractivity contribution in [3.8, 4) is 11.5 Å². The smallest absolute Gasteiger partial charge is 0.119 e. The number of ether oxygens (including phenoxy) is 2. The molecule has 0 saturated carbocycles. The Morgan fingerprint density at radius 1 is 0.857 bits per heavy atom. The molecule has 0 bridgehead atoms. The Balaban J connectivity index is 2.54. The zero-order chi connectivity index (χ0) is 15.4. The van der Waals surface area contributed by atoms with E-state index in [1.165, 1.54) is 0 Å². The standard InChI is InChI=1S/C15H19N2O3P/c1-18-9-3-5-13(16)11(7-9)15(20-21)12-8-10(19-2)4-6-14(12)17/h3-8,15H,16-17,21H2,1-2H3. The number of rotatable bonds is 5. The van der Waals surface area contributed by atoms with Crippen molar-refractivity contribution in [1.82, 2.24) is 0 Å². The molecule has 0 amide bonds. The molecule has 0 saturated heterocycles. The van der Waals surface area contributed by atoms with E-state index < -0.39 is 6.10 Å². The second-order valence-corrected chi connectivity index (χ2v) is 4.78. The topological polar surface area (TPSA) is 79.7 Å². The van der Waals surface area contributed by atoms with Gasteiger partial charge in [-0.15, -0.1) is 0 Å². The summed E-state index contributed by atoms with van der Waals surface area (Å²) in [6.45, 7) is 0. The van der Waals surface area contributed by atoms with Crippen LogP contribution < -0.4 is 20.9 Å². The SMILES string of the molecule is COc1ccc(N)c(C(OP)c2cc(OC)ccc2N)c1. The number of nitrogen functional groups attached to an aromatic ring is 2. The van der Waals surface area contributed by atoms with E-state index in [-0.39, 0.29) is 0 Å². The van der Waals surface area contributed by atoms with Gasteiger partial charge in [-0.25, -0.2) is 0 Å². The Morgan fingerprint density at radius 2 is 1.29 bits per heavy atom. The largest absolute Gasteiger partial charge is 0.497 e. The highest BCUT2D eigenvalue weighted by atomic mass is 31.0. The molecule has 0 aliphatic rings. The molecule has 2 rings (SSSR count). The molecule has 0 aliphatic heterocycles. The summed E-state index contributed by atoms with van der Waals surface area (Å²) in [4.78, 5) is 0. The van der Waals surface area contributed by atoms with E-state index >= 15 is 0 Å². The van der Waals surface area contributed by atoms with Gasteiger partial charge in [0.1, 0.15) is 17.6 Å². The summed E-state index contributed by atoms with van der Waals surface area (Å²) in [5, 5.41) is 0. The van der Waals surface area contributed by atoms with Gasteiger partial charge >= 0.3 is 0 Å².